The van der Waals surface area contributed by atoms with Gasteiger partial charge in [-0.2, -0.15) is 0 Å². The molecule has 0 aliphatic carbocycles. The van der Waals surface area contributed by atoms with E-state index in [9.17, 15) is 9.59 Å². The van der Waals surface area contributed by atoms with Gasteiger partial charge in [0, 0.05) is 26.8 Å². The predicted molar refractivity (Wildman–Crippen MR) is 125 cm³/mol. The van der Waals surface area contributed by atoms with E-state index >= 15 is 0 Å². The molecule has 148 valence electrons. The number of benzene rings is 4. The molecule has 0 unspecified atom stereocenters. The maximum Gasteiger partial charge on any atom is 0.257 e. The highest BCUT2D eigenvalue weighted by Crippen LogP contribution is 2.25. The second-order valence-corrected chi connectivity index (χ2v) is 7.96. The van der Waals surface area contributed by atoms with Gasteiger partial charge in [0.15, 0.2) is 0 Å². The number of rotatable bonds is 4. The van der Waals surface area contributed by atoms with Gasteiger partial charge in [-0.05, 0) is 47.9 Å². The first-order chi connectivity index (χ1) is 14.5. The predicted octanol–water partition coefficient (Wildman–Crippen LogP) is 6.76. The molecule has 2 N–H and O–H groups in total. The number of fused-ring (bicyclic) bond motifs is 1. The maximum atomic E-state index is 12.8. The van der Waals surface area contributed by atoms with E-state index in [2.05, 4.69) is 26.6 Å². The highest BCUT2D eigenvalue weighted by Gasteiger charge is 2.13. The Balaban J connectivity index is 1.55. The summed E-state index contributed by atoms with van der Waals surface area (Å²) in [4.78, 5) is 25.4. The maximum absolute atomic E-state index is 12.8. The summed E-state index contributed by atoms with van der Waals surface area (Å²) in [7, 11) is 0. The molecule has 0 heterocycles. The Bertz CT molecular complexity index is 1270. The van der Waals surface area contributed by atoms with Gasteiger partial charge in [0.2, 0.25) is 0 Å². The van der Waals surface area contributed by atoms with Crippen molar-refractivity contribution >= 4 is 61.5 Å². The van der Waals surface area contributed by atoms with Crippen LogP contribution in [0, 0.1) is 0 Å². The van der Waals surface area contributed by atoms with Crippen LogP contribution in [0.15, 0.2) is 89.4 Å². The molecule has 0 aliphatic heterocycles. The van der Waals surface area contributed by atoms with Crippen LogP contribution in [0.1, 0.15) is 20.7 Å². The van der Waals surface area contributed by atoms with Crippen LogP contribution in [0.5, 0.6) is 0 Å². The zero-order valence-electron chi connectivity index (χ0n) is 15.7. The quantitative estimate of drug-likeness (QED) is 0.340. The third-order valence-corrected chi connectivity index (χ3v) is 5.42. The standard InChI is InChI=1S/C24H16BrClN2O2/c25-17-11-12-21(26)20(14-17)24(30)27-18-8-3-7-16(13-18)23(29)28-22-10-4-6-15-5-1-2-9-19(15)22/h1-14H,(H,27,30)(H,28,29). The van der Waals surface area contributed by atoms with Crippen LogP contribution in [0.3, 0.4) is 0 Å². The van der Waals surface area contributed by atoms with Crippen LogP contribution in [0.2, 0.25) is 5.02 Å². The third kappa shape index (κ3) is 4.37. The normalized spacial score (nSPS) is 10.6. The van der Waals surface area contributed by atoms with E-state index in [1.54, 1.807) is 42.5 Å². The Kier molecular flexibility index (Phi) is 5.84. The van der Waals surface area contributed by atoms with Crippen LogP contribution in [-0.4, -0.2) is 11.8 Å². The molecule has 6 heteroatoms. The SMILES string of the molecule is O=C(Nc1cccc2ccccc12)c1cccc(NC(=O)c2cc(Br)ccc2Cl)c1. The summed E-state index contributed by atoms with van der Waals surface area (Å²) in [6.07, 6.45) is 0. The summed E-state index contributed by atoms with van der Waals surface area (Å²) >= 11 is 9.47. The second-order valence-electron chi connectivity index (χ2n) is 6.64. The lowest BCUT2D eigenvalue weighted by Gasteiger charge is -2.11. The fourth-order valence-electron chi connectivity index (χ4n) is 3.14. The Morgan fingerprint density at radius 3 is 2.40 bits per heavy atom. The van der Waals surface area contributed by atoms with Crippen molar-refractivity contribution in [3.05, 3.63) is 106 Å². The number of hydrogen-bond acceptors (Lipinski definition) is 2. The summed E-state index contributed by atoms with van der Waals surface area (Å²) in [6, 6.07) is 25.4. The Hall–Kier alpha value is -3.15. The van der Waals surface area contributed by atoms with Crippen molar-refractivity contribution in [2.24, 2.45) is 0 Å². The second kappa shape index (κ2) is 8.69. The van der Waals surface area contributed by atoms with Crippen LogP contribution >= 0.6 is 27.5 Å². The van der Waals surface area contributed by atoms with Crippen molar-refractivity contribution in [2.75, 3.05) is 10.6 Å². The minimum absolute atomic E-state index is 0.261. The van der Waals surface area contributed by atoms with Crippen molar-refractivity contribution in [1.82, 2.24) is 0 Å². The van der Waals surface area contributed by atoms with Crippen molar-refractivity contribution in [3.63, 3.8) is 0 Å². The molecule has 4 aromatic rings. The van der Waals surface area contributed by atoms with Crippen LogP contribution in [0.4, 0.5) is 11.4 Å². The summed E-state index contributed by atoms with van der Waals surface area (Å²) in [5.74, 6) is -0.615. The van der Waals surface area contributed by atoms with Crippen molar-refractivity contribution in [1.29, 1.82) is 0 Å². The van der Waals surface area contributed by atoms with Gasteiger partial charge in [-0.15, -0.1) is 0 Å². The van der Waals surface area contributed by atoms with E-state index in [4.69, 9.17) is 11.6 Å². The summed E-state index contributed by atoms with van der Waals surface area (Å²) in [5.41, 5.74) is 2.01. The number of carbonyl (C=O) groups excluding carboxylic acids is 2. The fraction of sp³-hybridized carbons (Fsp3) is 0. The average Bonchev–Trinajstić information content (AvgIpc) is 2.76. The molecule has 0 saturated carbocycles. The molecule has 0 bridgehead atoms. The molecule has 0 saturated heterocycles. The van der Waals surface area contributed by atoms with Crippen molar-refractivity contribution in [3.8, 4) is 0 Å². The highest BCUT2D eigenvalue weighted by molar-refractivity contribution is 9.10. The first-order valence-corrected chi connectivity index (χ1v) is 10.3. The minimum Gasteiger partial charge on any atom is -0.322 e. The van der Waals surface area contributed by atoms with E-state index in [1.807, 2.05) is 42.5 Å². The zero-order chi connectivity index (χ0) is 21.1. The molecule has 0 fully saturated rings. The smallest absolute Gasteiger partial charge is 0.257 e. The highest BCUT2D eigenvalue weighted by atomic mass is 79.9. The Labute approximate surface area is 187 Å². The molecule has 0 atom stereocenters. The molecule has 0 aromatic heterocycles. The van der Waals surface area contributed by atoms with Gasteiger partial charge in [-0.3, -0.25) is 9.59 Å². The number of nitrogens with one attached hydrogen (secondary N) is 2. The number of halogens is 2. The lowest BCUT2D eigenvalue weighted by molar-refractivity contribution is 0.101. The average molecular weight is 480 g/mol. The monoisotopic (exact) mass is 478 g/mol. The first kappa shape index (κ1) is 20.1. The molecular weight excluding hydrogens is 464 g/mol. The molecule has 2 amide bonds. The first-order valence-electron chi connectivity index (χ1n) is 9.17. The van der Waals surface area contributed by atoms with Crippen LogP contribution in [0.25, 0.3) is 10.8 Å². The number of anilines is 2. The molecule has 4 rings (SSSR count). The Morgan fingerprint density at radius 2 is 1.53 bits per heavy atom. The summed E-state index contributed by atoms with van der Waals surface area (Å²) < 4.78 is 0.750. The fourth-order valence-corrected chi connectivity index (χ4v) is 3.70. The largest absolute Gasteiger partial charge is 0.322 e. The van der Waals surface area contributed by atoms with Gasteiger partial charge in [0.05, 0.1) is 10.6 Å². The van der Waals surface area contributed by atoms with Gasteiger partial charge in [0.1, 0.15) is 0 Å². The van der Waals surface area contributed by atoms with E-state index in [0.717, 1.165) is 20.9 Å². The van der Waals surface area contributed by atoms with E-state index in [0.29, 0.717) is 21.8 Å². The topological polar surface area (TPSA) is 58.2 Å². The van der Waals surface area contributed by atoms with Crippen LogP contribution < -0.4 is 10.6 Å². The zero-order valence-corrected chi connectivity index (χ0v) is 18.0. The molecule has 4 nitrogen and oxygen atoms in total. The van der Waals surface area contributed by atoms with Gasteiger partial charge < -0.3 is 10.6 Å². The molecular formula is C24H16BrClN2O2. The van der Waals surface area contributed by atoms with Crippen molar-refractivity contribution in [2.45, 2.75) is 0 Å². The van der Waals surface area contributed by atoms with E-state index in [-0.39, 0.29) is 11.8 Å². The summed E-state index contributed by atoms with van der Waals surface area (Å²) in [5, 5.41) is 8.09. The van der Waals surface area contributed by atoms with Gasteiger partial charge in [0.25, 0.3) is 11.8 Å². The van der Waals surface area contributed by atoms with E-state index in [1.165, 1.54) is 0 Å². The molecule has 0 aliphatic rings. The molecule has 30 heavy (non-hydrogen) atoms. The van der Waals surface area contributed by atoms with Crippen molar-refractivity contribution < 1.29 is 9.59 Å². The number of amides is 2. The van der Waals surface area contributed by atoms with Gasteiger partial charge >= 0.3 is 0 Å². The molecule has 4 aromatic carbocycles. The molecule has 0 radical (unpaired) electrons. The lowest BCUT2D eigenvalue weighted by Crippen LogP contribution is -2.15. The van der Waals surface area contributed by atoms with Gasteiger partial charge in [-0.1, -0.05) is 70.0 Å². The lowest BCUT2D eigenvalue weighted by atomic mass is 10.1. The Morgan fingerprint density at radius 1 is 0.767 bits per heavy atom. The third-order valence-electron chi connectivity index (χ3n) is 4.59. The number of carbonyl (C=O) groups is 2. The van der Waals surface area contributed by atoms with E-state index < -0.39 is 0 Å². The molecule has 0 spiro atoms. The summed E-state index contributed by atoms with van der Waals surface area (Å²) in [6.45, 7) is 0. The number of hydrogen-bond donors (Lipinski definition) is 2. The van der Waals surface area contributed by atoms with Gasteiger partial charge in [-0.25, -0.2) is 0 Å². The minimum atomic E-state index is -0.354. The van der Waals surface area contributed by atoms with Crippen LogP contribution in [-0.2, 0) is 0 Å².